The van der Waals surface area contributed by atoms with Crippen LogP contribution in [0.5, 0.6) is 5.75 Å². The van der Waals surface area contributed by atoms with E-state index in [2.05, 4.69) is 20.3 Å². The number of amides is 1. The van der Waals surface area contributed by atoms with E-state index in [1.165, 1.54) is 6.33 Å². The molecule has 0 saturated carbocycles. The molecular formula is C25H21Cl2N5O2. The fourth-order valence-corrected chi connectivity index (χ4v) is 4.77. The number of nitrogens with one attached hydrogen (secondary N) is 1. The maximum atomic E-state index is 13.4. The van der Waals surface area contributed by atoms with E-state index in [1.807, 2.05) is 43.3 Å². The summed E-state index contributed by atoms with van der Waals surface area (Å²) in [5, 5.41) is 4.14. The molecule has 172 valence electrons. The lowest BCUT2D eigenvalue weighted by Crippen LogP contribution is -2.33. The van der Waals surface area contributed by atoms with Crippen LogP contribution in [0.3, 0.4) is 0 Å². The number of nitrogens with zero attached hydrogens (tertiary/aromatic N) is 4. The maximum Gasteiger partial charge on any atom is 0.255 e. The van der Waals surface area contributed by atoms with Gasteiger partial charge in [-0.2, -0.15) is 0 Å². The number of ether oxygens (including phenoxy) is 1. The van der Waals surface area contributed by atoms with E-state index in [-0.39, 0.29) is 11.9 Å². The van der Waals surface area contributed by atoms with Gasteiger partial charge >= 0.3 is 0 Å². The minimum atomic E-state index is -0.231. The number of hydrogen-bond acceptors (Lipinski definition) is 6. The summed E-state index contributed by atoms with van der Waals surface area (Å²) in [6.45, 7) is 0.539. The summed E-state index contributed by atoms with van der Waals surface area (Å²) in [7, 11) is 3.74. The highest BCUT2D eigenvalue weighted by Gasteiger charge is 2.26. The molecule has 1 N–H and O–H groups in total. The predicted octanol–water partition coefficient (Wildman–Crippen LogP) is 5.32. The average Bonchev–Trinajstić information content (AvgIpc) is 2.82. The molecule has 9 heteroatoms. The molecule has 2 aromatic heterocycles. The van der Waals surface area contributed by atoms with Crippen molar-refractivity contribution in [3.05, 3.63) is 76.2 Å². The van der Waals surface area contributed by atoms with Gasteiger partial charge in [0.15, 0.2) is 0 Å². The van der Waals surface area contributed by atoms with Gasteiger partial charge in [0, 0.05) is 47.9 Å². The van der Waals surface area contributed by atoms with Crippen LogP contribution in [0.1, 0.15) is 28.4 Å². The van der Waals surface area contributed by atoms with Gasteiger partial charge in [0.25, 0.3) is 5.91 Å². The molecule has 5 rings (SSSR count). The Morgan fingerprint density at radius 1 is 1.06 bits per heavy atom. The van der Waals surface area contributed by atoms with Crippen molar-refractivity contribution in [3.8, 4) is 17.0 Å². The Hall–Kier alpha value is -3.42. The molecule has 0 aliphatic carbocycles. The Morgan fingerprint density at radius 2 is 1.82 bits per heavy atom. The maximum absolute atomic E-state index is 13.4. The van der Waals surface area contributed by atoms with Gasteiger partial charge in [-0.25, -0.2) is 9.97 Å². The summed E-state index contributed by atoms with van der Waals surface area (Å²) in [5.74, 6) is 0.562. The van der Waals surface area contributed by atoms with Crippen molar-refractivity contribution in [2.75, 3.05) is 25.6 Å². The van der Waals surface area contributed by atoms with Crippen LogP contribution in [-0.4, -0.2) is 41.6 Å². The van der Waals surface area contributed by atoms with Gasteiger partial charge in [-0.3, -0.25) is 9.78 Å². The fraction of sp³-hybridized carbons (Fsp3) is 0.200. The van der Waals surface area contributed by atoms with E-state index in [4.69, 9.17) is 27.9 Å². The third kappa shape index (κ3) is 4.13. The number of rotatable bonds is 4. The first-order valence-electron chi connectivity index (χ1n) is 10.7. The zero-order valence-electron chi connectivity index (χ0n) is 18.5. The van der Waals surface area contributed by atoms with E-state index in [9.17, 15) is 4.79 Å². The molecule has 3 heterocycles. The molecule has 1 atom stereocenters. The monoisotopic (exact) mass is 493 g/mol. The number of fused-ring (bicyclic) bond motifs is 2. The smallest absolute Gasteiger partial charge is 0.255 e. The van der Waals surface area contributed by atoms with Crippen LogP contribution >= 0.6 is 23.2 Å². The summed E-state index contributed by atoms with van der Waals surface area (Å²) in [6, 6.07) is 12.8. The summed E-state index contributed by atoms with van der Waals surface area (Å²) < 4.78 is 5.72. The highest BCUT2D eigenvalue weighted by atomic mass is 35.5. The molecule has 34 heavy (non-hydrogen) atoms. The van der Waals surface area contributed by atoms with Crippen molar-refractivity contribution in [3.63, 3.8) is 0 Å². The van der Waals surface area contributed by atoms with Crippen molar-refractivity contribution in [1.82, 2.24) is 20.3 Å². The Balaban J connectivity index is 1.58. The molecule has 0 unspecified atom stereocenters. The Kier molecular flexibility index (Phi) is 5.98. The topological polar surface area (TPSA) is 80.2 Å². The van der Waals surface area contributed by atoms with Gasteiger partial charge in [0.1, 0.15) is 28.8 Å². The van der Waals surface area contributed by atoms with Crippen molar-refractivity contribution in [2.24, 2.45) is 0 Å². The van der Waals surface area contributed by atoms with Crippen LogP contribution in [0.15, 0.2) is 55.0 Å². The summed E-state index contributed by atoms with van der Waals surface area (Å²) in [6.07, 6.45) is 3.71. The molecule has 0 spiro atoms. The van der Waals surface area contributed by atoms with E-state index in [0.717, 1.165) is 16.9 Å². The highest BCUT2D eigenvalue weighted by Crippen LogP contribution is 2.35. The number of hydrogen-bond donors (Lipinski definition) is 1. The van der Waals surface area contributed by atoms with Crippen molar-refractivity contribution in [1.29, 1.82) is 0 Å². The fourth-order valence-electron chi connectivity index (χ4n) is 4.24. The number of anilines is 1. The Labute approximate surface area is 206 Å². The van der Waals surface area contributed by atoms with Crippen LogP contribution in [0, 0.1) is 0 Å². The van der Waals surface area contributed by atoms with Crippen LogP contribution < -0.4 is 15.0 Å². The van der Waals surface area contributed by atoms with Crippen LogP contribution in [-0.2, 0) is 0 Å². The summed E-state index contributed by atoms with van der Waals surface area (Å²) in [4.78, 5) is 28.8. The number of aromatic nitrogens is 3. The van der Waals surface area contributed by atoms with E-state index in [1.54, 1.807) is 24.4 Å². The summed E-state index contributed by atoms with van der Waals surface area (Å²) >= 11 is 12.4. The highest BCUT2D eigenvalue weighted by molar-refractivity contribution is 6.35. The van der Waals surface area contributed by atoms with E-state index >= 15 is 0 Å². The first kappa shape index (κ1) is 22.4. The normalized spacial score (nSPS) is 14.9. The molecule has 7 nitrogen and oxygen atoms in total. The molecule has 1 aliphatic rings. The molecule has 4 aromatic rings. The quantitative estimate of drug-likeness (QED) is 0.414. The Bertz CT molecular complexity index is 1390. The number of benzene rings is 2. The van der Waals surface area contributed by atoms with Gasteiger partial charge < -0.3 is 15.0 Å². The molecular weight excluding hydrogens is 473 g/mol. The molecule has 2 aromatic carbocycles. The first-order chi connectivity index (χ1) is 16.4. The molecule has 1 aliphatic heterocycles. The van der Waals surface area contributed by atoms with Crippen molar-refractivity contribution in [2.45, 2.75) is 12.5 Å². The zero-order valence-corrected chi connectivity index (χ0v) is 20.1. The third-order valence-electron chi connectivity index (χ3n) is 5.72. The lowest BCUT2D eigenvalue weighted by molar-refractivity contribution is 0.0925. The third-order valence-corrected chi connectivity index (χ3v) is 6.15. The van der Waals surface area contributed by atoms with Gasteiger partial charge in [0.2, 0.25) is 0 Å². The zero-order chi connectivity index (χ0) is 23.8. The predicted molar refractivity (Wildman–Crippen MR) is 134 cm³/mol. The number of carbonyl (C=O) groups is 1. The molecule has 0 saturated heterocycles. The minimum absolute atomic E-state index is 0.155. The molecule has 0 radical (unpaired) electrons. The lowest BCUT2D eigenvalue weighted by Gasteiger charge is -2.27. The van der Waals surface area contributed by atoms with Crippen molar-refractivity contribution < 1.29 is 9.53 Å². The van der Waals surface area contributed by atoms with E-state index < -0.39 is 0 Å². The Morgan fingerprint density at radius 3 is 2.59 bits per heavy atom. The van der Waals surface area contributed by atoms with Crippen LogP contribution in [0.4, 0.5) is 5.69 Å². The second-order valence-corrected chi connectivity index (χ2v) is 9.07. The number of para-hydroxylation sites is 1. The van der Waals surface area contributed by atoms with Gasteiger partial charge in [-0.05, 0) is 24.3 Å². The second-order valence-electron chi connectivity index (χ2n) is 8.19. The number of halogens is 2. The van der Waals surface area contributed by atoms with Gasteiger partial charge in [0.05, 0.1) is 23.9 Å². The van der Waals surface area contributed by atoms with Crippen LogP contribution in [0.25, 0.3) is 22.3 Å². The van der Waals surface area contributed by atoms with Crippen molar-refractivity contribution >= 4 is 45.8 Å². The number of carbonyl (C=O) groups excluding carboxylic acids is 1. The minimum Gasteiger partial charge on any atom is -0.493 e. The molecule has 1 amide bonds. The van der Waals surface area contributed by atoms with Gasteiger partial charge in [-0.1, -0.05) is 41.4 Å². The summed E-state index contributed by atoms with van der Waals surface area (Å²) in [5.41, 5.74) is 4.46. The largest absolute Gasteiger partial charge is 0.493 e. The SMILES string of the molecule is CN(C)c1c(C(=O)N[C@H]2CCOc3ccccc32)cnc2c(-c3cc(Cl)cc(Cl)c3)ncnc12. The number of pyridine rings is 1. The van der Waals surface area contributed by atoms with Crippen LogP contribution in [0.2, 0.25) is 10.0 Å². The molecule has 0 bridgehead atoms. The molecule has 0 fully saturated rings. The standard InChI is InChI=1S/C25H21Cl2N5O2/c1-32(2)24-18(25(33)31-19-7-8-34-20-6-4-3-5-17(19)20)12-28-22-21(29-13-30-23(22)24)14-9-15(26)11-16(27)10-14/h3-6,9-13,19H,7-8H2,1-2H3,(H,31,33)/t19-/m0/s1. The first-order valence-corrected chi connectivity index (χ1v) is 11.5. The average molecular weight is 494 g/mol. The van der Waals surface area contributed by atoms with Gasteiger partial charge in [-0.15, -0.1) is 0 Å². The van der Waals surface area contributed by atoms with E-state index in [0.29, 0.717) is 51.1 Å². The second kappa shape index (κ2) is 9.08. The lowest BCUT2D eigenvalue weighted by atomic mass is 10.00.